The summed E-state index contributed by atoms with van der Waals surface area (Å²) in [5, 5.41) is 0.667. The van der Waals surface area contributed by atoms with Crippen LogP contribution in [0, 0.1) is 18.8 Å². The van der Waals surface area contributed by atoms with E-state index < -0.39 is 10.0 Å². The van der Waals surface area contributed by atoms with E-state index in [9.17, 15) is 8.42 Å². The highest BCUT2D eigenvalue weighted by Crippen LogP contribution is 2.33. The average molecular weight is 336 g/mol. The largest absolute Gasteiger partial charge is 0.244 e. The minimum atomic E-state index is -3.56. The topological polar surface area (TPSA) is 37.4 Å². The second-order valence-corrected chi connectivity index (χ2v) is 8.52. The molecule has 1 saturated heterocycles. The molecular formula is C14H19Cl2NO2S. The van der Waals surface area contributed by atoms with E-state index in [4.69, 9.17) is 23.2 Å². The van der Waals surface area contributed by atoms with Gasteiger partial charge in [0.2, 0.25) is 10.0 Å². The number of hydrogen-bond acceptors (Lipinski definition) is 2. The monoisotopic (exact) mass is 335 g/mol. The first kappa shape index (κ1) is 16.1. The lowest BCUT2D eigenvalue weighted by Crippen LogP contribution is -2.42. The Bertz CT molecular complexity index is 606. The number of nitrogens with zero attached hydrogens (tertiary/aromatic N) is 1. The van der Waals surface area contributed by atoms with Crippen molar-refractivity contribution in [1.82, 2.24) is 4.31 Å². The molecule has 2 atom stereocenters. The summed E-state index contributed by atoms with van der Waals surface area (Å²) >= 11 is 12.1. The summed E-state index contributed by atoms with van der Waals surface area (Å²) < 4.78 is 27.1. The SMILES string of the molecule is Cc1cc(S(=O)(=O)N2C[C@H](C)C[C@@H](C)C2)c(Cl)cc1Cl. The molecule has 1 aromatic rings. The smallest absolute Gasteiger partial charge is 0.207 e. The lowest BCUT2D eigenvalue weighted by molar-refractivity contribution is 0.222. The second kappa shape index (κ2) is 5.84. The molecule has 1 fully saturated rings. The fourth-order valence-corrected chi connectivity index (χ4v) is 5.26. The van der Waals surface area contributed by atoms with Crippen LogP contribution in [0.4, 0.5) is 0 Å². The van der Waals surface area contributed by atoms with Gasteiger partial charge in [0.05, 0.1) is 5.02 Å². The summed E-state index contributed by atoms with van der Waals surface area (Å²) in [6, 6.07) is 3.06. The maximum absolute atomic E-state index is 12.8. The van der Waals surface area contributed by atoms with E-state index in [1.807, 2.05) is 0 Å². The van der Waals surface area contributed by atoms with Gasteiger partial charge in [-0.15, -0.1) is 0 Å². The van der Waals surface area contributed by atoms with Crippen LogP contribution in [0.15, 0.2) is 17.0 Å². The maximum Gasteiger partial charge on any atom is 0.244 e. The van der Waals surface area contributed by atoms with Gasteiger partial charge in [-0.3, -0.25) is 0 Å². The number of hydrogen-bond donors (Lipinski definition) is 0. The molecule has 0 N–H and O–H groups in total. The Hall–Kier alpha value is -0.290. The lowest BCUT2D eigenvalue weighted by Gasteiger charge is -2.34. The molecule has 2 rings (SSSR count). The van der Waals surface area contributed by atoms with Crippen LogP contribution >= 0.6 is 23.2 Å². The Balaban J connectivity index is 2.42. The van der Waals surface area contributed by atoms with E-state index in [1.54, 1.807) is 17.3 Å². The van der Waals surface area contributed by atoms with Crippen LogP contribution in [0.1, 0.15) is 25.8 Å². The van der Waals surface area contributed by atoms with Crippen molar-refractivity contribution in [3.05, 3.63) is 27.7 Å². The molecule has 0 aliphatic carbocycles. The number of aryl methyl sites for hydroxylation is 1. The van der Waals surface area contributed by atoms with E-state index in [-0.39, 0.29) is 9.92 Å². The molecule has 0 unspecified atom stereocenters. The molecule has 1 heterocycles. The third kappa shape index (κ3) is 3.14. The first-order chi connectivity index (χ1) is 9.21. The molecule has 0 aromatic heterocycles. The van der Waals surface area contributed by atoms with Crippen molar-refractivity contribution in [2.24, 2.45) is 11.8 Å². The van der Waals surface area contributed by atoms with E-state index in [2.05, 4.69) is 13.8 Å². The fourth-order valence-electron chi connectivity index (χ4n) is 2.77. The Labute approximate surface area is 130 Å². The normalized spacial score (nSPS) is 24.9. The van der Waals surface area contributed by atoms with Crippen molar-refractivity contribution >= 4 is 33.2 Å². The highest BCUT2D eigenvalue weighted by molar-refractivity contribution is 7.89. The van der Waals surface area contributed by atoms with Crippen LogP contribution in [0.5, 0.6) is 0 Å². The van der Waals surface area contributed by atoms with Crippen molar-refractivity contribution in [2.45, 2.75) is 32.1 Å². The highest BCUT2D eigenvalue weighted by atomic mass is 35.5. The predicted octanol–water partition coefficient (Wildman–Crippen LogP) is 3.97. The average Bonchev–Trinajstić information content (AvgIpc) is 2.32. The lowest BCUT2D eigenvalue weighted by atomic mass is 9.94. The number of benzene rings is 1. The maximum atomic E-state index is 12.8. The number of rotatable bonds is 2. The first-order valence-electron chi connectivity index (χ1n) is 6.67. The van der Waals surface area contributed by atoms with Crippen LogP contribution in [-0.4, -0.2) is 25.8 Å². The van der Waals surface area contributed by atoms with Gasteiger partial charge in [0.25, 0.3) is 0 Å². The zero-order valence-corrected chi connectivity index (χ0v) is 14.2. The van der Waals surface area contributed by atoms with E-state index in [0.29, 0.717) is 35.5 Å². The minimum Gasteiger partial charge on any atom is -0.207 e. The van der Waals surface area contributed by atoms with Gasteiger partial charge < -0.3 is 0 Å². The van der Waals surface area contributed by atoms with Crippen molar-refractivity contribution in [3.8, 4) is 0 Å². The van der Waals surface area contributed by atoms with Crippen LogP contribution in [-0.2, 0) is 10.0 Å². The zero-order chi connectivity index (χ0) is 15.1. The van der Waals surface area contributed by atoms with Gasteiger partial charge in [-0.25, -0.2) is 8.42 Å². The fraction of sp³-hybridized carbons (Fsp3) is 0.571. The summed E-state index contributed by atoms with van der Waals surface area (Å²) in [7, 11) is -3.56. The molecule has 20 heavy (non-hydrogen) atoms. The van der Waals surface area contributed by atoms with Crippen molar-refractivity contribution in [2.75, 3.05) is 13.1 Å². The summed E-state index contributed by atoms with van der Waals surface area (Å²) in [6.45, 7) is 7.02. The molecule has 0 radical (unpaired) electrons. The van der Waals surface area contributed by atoms with Gasteiger partial charge in [-0.05, 0) is 42.9 Å². The Kier molecular flexibility index (Phi) is 4.69. The summed E-state index contributed by atoms with van der Waals surface area (Å²) in [5.74, 6) is 0.724. The van der Waals surface area contributed by atoms with Crippen LogP contribution in [0.25, 0.3) is 0 Å². The number of sulfonamides is 1. The van der Waals surface area contributed by atoms with Gasteiger partial charge >= 0.3 is 0 Å². The van der Waals surface area contributed by atoms with Crippen molar-refractivity contribution in [1.29, 1.82) is 0 Å². The molecule has 1 aliphatic heterocycles. The molecular weight excluding hydrogens is 317 g/mol. The van der Waals surface area contributed by atoms with E-state index in [0.717, 1.165) is 6.42 Å². The quantitative estimate of drug-likeness (QED) is 0.819. The first-order valence-corrected chi connectivity index (χ1v) is 8.87. The van der Waals surface area contributed by atoms with Crippen LogP contribution in [0.2, 0.25) is 10.0 Å². The van der Waals surface area contributed by atoms with Gasteiger partial charge in [0.1, 0.15) is 4.90 Å². The van der Waals surface area contributed by atoms with Crippen molar-refractivity contribution in [3.63, 3.8) is 0 Å². The van der Waals surface area contributed by atoms with Gasteiger partial charge in [-0.1, -0.05) is 37.0 Å². The zero-order valence-electron chi connectivity index (χ0n) is 11.9. The van der Waals surface area contributed by atoms with Gasteiger partial charge in [0.15, 0.2) is 0 Å². The molecule has 112 valence electrons. The molecule has 1 aliphatic rings. The Morgan fingerprint density at radius 1 is 1.10 bits per heavy atom. The van der Waals surface area contributed by atoms with Crippen LogP contribution in [0.3, 0.4) is 0 Å². The molecule has 3 nitrogen and oxygen atoms in total. The molecule has 0 bridgehead atoms. The molecule has 0 amide bonds. The standard InChI is InChI=1S/C14H19Cl2NO2S/c1-9-4-10(2)8-17(7-9)20(18,19)14-5-11(3)12(15)6-13(14)16/h5-6,9-10H,4,7-8H2,1-3H3/t9-,10-/m1/s1. The summed E-state index contributed by atoms with van der Waals surface area (Å²) in [4.78, 5) is 0.155. The van der Waals surface area contributed by atoms with Crippen LogP contribution < -0.4 is 0 Å². The Morgan fingerprint density at radius 3 is 2.20 bits per heavy atom. The predicted molar refractivity (Wildman–Crippen MR) is 82.9 cm³/mol. The molecule has 0 saturated carbocycles. The minimum absolute atomic E-state index is 0.155. The van der Waals surface area contributed by atoms with Crippen molar-refractivity contribution < 1.29 is 8.42 Å². The molecule has 6 heteroatoms. The van der Waals surface area contributed by atoms with E-state index in [1.165, 1.54) is 6.07 Å². The third-order valence-electron chi connectivity index (χ3n) is 3.67. The summed E-state index contributed by atoms with van der Waals surface area (Å²) in [6.07, 6.45) is 1.05. The second-order valence-electron chi connectivity index (χ2n) is 5.80. The van der Waals surface area contributed by atoms with Gasteiger partial charge in [-0.2, -0.15) is 4.31 Å². The number of piperidine rings is 1. The van der Waals surface area contributed by atoms with Gasteiger partial charge in [0, 0.05) is 18.1 Å². The number of halogens is 2. The third-order valence-corrected chi connectivity index (χ3v) is 6.37. The summed E-state index contributed by atoms with van der Waals surface area (Å²) in [5.41, 5.74) is 0.716. The molecule has 0 spiro atoms. The highest BCUT2D eigenvalue weighted by Gasteiger charge is 2.33. The van der Waals surface area contributed by atoms with E-state index >= 15 is 0 Å². The Morgan fingerprint density at radius 2 is 1.65 bits per heavy atom. The molecule has 1 aromatic carbocycles.